The molecule has 2 aromatic rings. The Morgan fingerprint density at radius 3 is 2.32 bits per heavy atom. The van der Waals surface area contributed by atoms with Crippen molar-refractivity contribution < 1.29 is 26.7 Å². The van der Waals surface area contributed by atoms with Gasteiger partial charge in [0.1, 0.15) is 0 Å². The number of hydrogen-bond acceptors (Lipinski definition) is 3. The van der Waals surface area contributed by atoms with Crippen molar-refractivity contribution in [2.45, 2.75) is 25.0 Å². The number of nitrogens with one attached hydrogen (secondary N) is 1. The van der Waals surface area contributed by atoms with E-state index in [1.54, 1.807) is 18.2 Å². The molecule has 0 bridgehead atoms. The van der Waals surface area contributed by atoms with E-state index in [1.807, 2.05) is 13.0 Å². The molecule has 4 nitrogen and oxygen atoms in total. The summed E-state index contributed by atoms with van der Waals surface area (Å²) in [5, 5.41) is 9.98. The Balaban J connectivity index is 1.97. The molecule has 0 unspecified atom stereocenters. The maximum absolute atomic E-state index is 12.5. The van der Waals surface area contributed by atoms with Crippen LogP contribution in [0.3, 0.4) is 0 Å². The normalized spacial score (nSPS) is 13.6. The second kappa shape index (κ2) is 7.55. The number of halogens is 3. The lowest BCUT2D eigenvalue weighted by Crippen LogP contribution is -2.29. The average Bonchev–Trinajstić information content (AvgIpc) is 2.51. The zero-order valence-electron chi connectivity index (χ0n) is 13.4. The predicted molar refractivity (Wildman–Crippen MR) is 88.2 cm³/mol. The van der Waals surface area contributed by atoms with Crippen molar-refractivity contribution in [1.29, 1.82) is 0 Å². The lowest BCUT2D eigenvalue weighted by atomic mass is 10.1. The van der Waals surface area contributed by atoms with Crippen molar-refractivity contribution in [3.63, 3.8) is 0 Å². The van der Waals surface area contributed by atoms with Crippen molar-refractivity contribution in [3.8, 4) is 0 Å². The quantitative estimate of drug-likeness (QED) is 0.817. The molecule has 8 heteroatoms. The van der Waals surface area contributed by atoms with Gasteiger partial charge in [0.25, 0.3) is 0 Å². The van der Waals surface area contributed by atoms with Crippen LogP contribution in [0.15, 0.2) is 48.5 Å². The summed E-state index contributed by atoms with van der Waals surface area (Å²) in [6.45, 7) is 1.53. The highest BCUT2D eigenvalue weighted by molar-refractivity contribution is 7.88. The first kappa shape index (κ1) is 19.4. The predicted octanol–water partition coefficient (Wildman–Crippen LogP) is 3.17. The zero-order chi connectivity index (χ0) is 18.7. The molecule has 0 radical (unpaired) electrons. The van der Waals surface area contributed by atoms with Gasteiger partial charge >= 0.3 is 6.18 Å². The lowest BCUT2D eigenvalue weighted by molar-refractivity contribution is -0.137. The van der Waals surface area contributed by atoms with E-state index in [9.17, 15) is 26.7 Å². The van der Waals surface area contributed by atoms with Crippen LogP contribution < -0.4 is 4.72 Å². The standard InChI is InChI=1S/C17H18F3NO3S/c1-12-3-2-4-13(9-12)11-25(23,24)21-10-16(22)14-5-7-15(8-6-14)17(18,19)20/h2-9,16,21-22H,10-11H2,1H3/t16-/m1/s1. The van der Waals surface area contributed by atoms with Crippen LogP contribution in [-0.4, -0.2) is 20.1 Å². The molecule has 136 valence electrons. The van der Waals surface area contributed by atoms with E-state index in [4.69, 9.17) is 0 Å². The minimum Gasteiger partial charge on any atom is -0.387 e. The Bertz CT molecular complexity index is 818. The van der Waals surface area contributed by atoms with Gasteiger partial charge in [0.15, 0.2) is 0 Å². The maximum atomic E-state index is 12.5. The molecule has 0 heterocycles. The third-order valence-electron chi connectivity index (χ3n) is 3.56. The summed E-state index contributed by atoms with van der Waals surface area (Å²) in [7, 11) is -3.68. The number of rotatable bonds is 6. The van der Waals surface area contributed by atoms with E-state index >= 15 is 0 Å². The average molecular weight is 373 g/mol. The number of aliphatic hydroxyl groups is 1. The molecule has 0 amide bonds. The highest BCUT2D eigenvalue weighted by Crippen LogP contribution is 2.29. The minimum atomic E-state index is -4.46. The highest BCUT2D eigenvalue weighted by Gasteiger charge is 2.30. The fourth-order valence-corrected chi connectivity index (χ4v) is 3.42. The maximum Gasteiger partial charge on any atom is 0.416 e. The summed E-state index contributed by atoms with van der Waals surface area (Å²) < 4.78 is 63.9. The van der Waals surface area contributed by atoms with Gasteiger partial charge in [0.2, 0.25) is 10.0 Å². The van der Waals surface area contributed by atoms with Gasteiger partial charge in [0, 0.05) is 6.54 Å². The van der Waals surface area contributed by atoms with Crippen LogP contribution in [-0.2, 0) is 22.0 Å². The Hall–Kier alpha value is -1.90. The van der Waals surface area contributed by atoms with Crippen molar-refractivity contribution in [1.82, 2.24) is 4.72 Å². The summed E-state index contributed by atoms with van der Waals surface area (Å²) in [6.07, 6.45) is -5.70. The number of aliphatic hydroxyl groups excluding tert-OH is 1. The van der Waals surface area contributed by atoms with Crippen molar-refractivity contribution in [3.05, 3.63) is 70.8 Å². The molecule has 0 saturated carbocycles. The molecule has 1 atom stereocenters. The number of benzene rings is 2. The molecule has 0 aliphatic rings. The van der Waals surface area contributed by atoms with Gasteiger partial charge < -0.3 is 5.11 Å². The van der Waals surface area contributed by atoms with E-state index in [0.717, 1.165) is 29.8 Å². The fourth-order valence-electron chi connectivity index (χ4n) is 2.29. The van der Waals surface area contributed by atoms with Gasteiger partial charge in [-0.15, -0.1) is 0 Å². The Morgan fingerprint density at radius 1 is 1.12 bits per heavy atom. The number of alkyl halides is 3. The molecule has 0 aliphatic heterocycles. The van der Waals surface area contributed by atoms with Gasteiger partial charge in [-0.2, -0.15) is 13.2 Å². The highest BCUT2D eigenvalue weighted by atomic mass is 32.2. The second-order valence-corrected chi connectivity index (χ2v) is 7.54. The molecular weight excluding hydrogens is 355 g/mol. The van der Waals surface area contributed by atoms with Crippen molar-refractivity contribution in [2.75, 3.05) is 6.54 Å². The Morgan fingerprint density at radius 2 is 1.76 bits per heavy atom. The first-order valence-electron chi connectivity index (χ1n) is 7.45. The van der Waals surface area contributed by atoms with Crippen LogP contribution in [0.4, 0.5) is 13.2 Å². The Kier molecular flexibility index (Phi) is 5.87. The van der Waals surface area contributed by atoms with E-state index < -0.39 is 27.9 Å². The van der Waals surface area contributed by atoms with Crippen LogP contribution in [0.25, 0.3) is 0 Å². The van der Waals surface area contributed by atoms with Crippen molar-refractivity contribution >= 4 is 10.0 Å². The van der Waals surface area contributed by atoms with Gasteiger partial charge in [-0.05, 0) is 30.2 Å². The molecule has 0 spiro atoms. The number of sulfonamides is 1. The summed E-state index contributed by atoms with van der Waals surface area (Å²) in [6, 6.07) is 11.0. The molecule has 2 N–H and O–H groups in total. The summed E-state index contributed by atoms with van der Waals surface area (Å²) >= 11 is 0. The van der Waals surface area contributed by atoms with Crippen LogP contribution in [0.5, 0.6) is 0 Å². The number of hydrogen-bond donors (Lipinski definition) is 2. The van der Waals surface area contributed by atoms with Crippen LogP contribution in [0.1, 0.15) is 28.4 Å². The monoisotopic (exact) mass is 373 g/mol. The van der Waals surface area contributed by atoms with E-state index in [0.29, 0.717) is 5.56 Å². The lowest BCUT2D eigenvalue weighted by Gasteiger charge is -2.14. The zero-order valence-corrected chi connectivity index (χ0v) is 14.2. The van der Waals surface area contributed by atoms with E-state index in [1.165, 1.54) is 0 Å². The molecule has 0 saturated heterocycles. The summed E-state index contributed by atoms with van der Waals surface area (Å²) in [5.74, 6) is -0.242. The first-order valence-corrected chi connectivity index (χ1v) is 9.10. The topological polar surface area (TPSA) is 66.4 Å². The van der Waals surface area contributed by atoms with E-state index in [2.05, 4.69) is 4.72 Å². The molecule has 25 heavy (non-hydrogen) atoms. The smallest absolute Gasteiger partial charge is 0.387 e. The molecule has 0 aliphatic carbocycles. The SMILES string of the molecule is Cc1cccc(CS(=O)(=O)NC[C@@H](O)c2ccc(C(F)(F)F)cc2)c1. The van der Waals surface area contributed by atoms with Gasteiger partial charge in [0.05, 0.1) is 17.4 Å². The summed E-state index contributed by atoms with van der Waals surface area (Å²) in [5.41, 5.74) is 0.906. The fraction of sp³-hybridized carbons (Fsp3) is 0.294. The van der Waals surface area contributed by atoms with E-state index in [-0.39, 0.29) is 17.9 Å². The molecular formula is C17H18F3NO3S. The van der Waals surface area contributed by atoms with Crippen LogP contribution in [0, 0.1) is 6.92 Å². The minimum absolute atomic E-state index is 0.200. The Labute approximate surface area is 144 Å². The van der Waals surface area contributed by atoms with Gasteiger partial charge in [-0.1, -0.05) is 42.0 Å². The second-order valence-electron chi connectivity index (χ2n) is 5.73. The van der Waals surface area contributed by atoms with Gasteiger partial charge in [-0.25, -0.2) is 13.1 Å². The molecule has 2 rings (SSSR count). The van der Waals surface area contributed by atoms with Crippen molar-refractivity contribution in [2.24, 2.45) is 0 Å². The third-order valence-corrected chi connectivity index (χ3v) is 4.88. The largest absolute Gasteiger partial charge is 0.416 e. The first-order chi connectivity index (χ1) is 11.6. The molecule has 2 aromatic carbocycles. The summed E-state index contributed by atoms with van der Waals surface area (Å²) in [4.78, 5) is 0. The molecule has 0 fully saturated rings. The third kappa shape index (κ3) is 5.84. The van der Waals surface area contributed by atoms with Crippen LogP contribution >= 0.6 is 0 Å². The van der Waals surface area contributed by atoms with Crippen LogP contribution in [0.2, 0.25) is 0 Å². The number of aryl methyl sites for hydroxylation is 1. The molecule has 0 aromatic heterocycles. The van der Waals surface area contributed by atoms with Gasteiger partial charge in [-0.3, -0.25) is 0 Å².